The predicted molar refractivity (Wildman–Crippen MR) is 87.6 cm³/mol. The van der Waals surface area contributed by atoms with E-state index < -0.39 is 15.5 Å². The number of thioether (sulfide) groups is 1. The number of alkyl halides is 3. The van der Waals surface area contributed by atoms with Crippen LogP contribution in [0.2, 0.25) is 0 Å². The van der Waals surface area contributed by atoms with E-state index in [0.29, 0.717) is 5.56 Å². The predicted octanol–water partition coefficient (Wildman–Crippen LogP) is 2.83. The standard InChI is InChI=1S/C14H17F3N2O3S2/c1-9-7-10(13(20)19(2)11-5-6-23-8-11)3-4-12(9)18-24(21,22)14(15,16)17/h3-4,7,11,18H,5-6,8H2,1-2H3/t11-/m1/s1. The van der Waals surface area contributed by atoms with Crippen molar-refractivity contribution in [2.24, 2.45) is 0 Å². The van der Waals surface area contributed by atoms with E-state index in [-0.39, 0.29) is 23.2 Å². The number of nitrogens with one attached hydrogen (secondary N) is 1. The third-order valence-corrected chi connectivity index (χ3v) is 6.04. The summed E-state index contributed by atoms with van der Waals surface area (Å²) in [6.45, 7) is 1.44. The number of benzene rings is 1. The molecule has 1 atom stereocenters. The average Bonchev–Trinajstić information content (AvgIpc) is 3.00. The topological polar surface area (TPSA) is 66.5 Å². The molecule has 1 N–H and O–H groups in total. The molecule has 2 rings (SSSR count). The normalized spacial score (nSPS) is 18.5. The molecule has 0 radical (unpaired) electrons. The van der Waals surface area contributed by atoms with Gasteiger partial charge in [-0.3, -0.25) is 9.52 Å². The lowest BCUT2D eigenvalue weighted by molar-refractivity contribution is -0.0429. The zero-order valence-electron chi connectivity index (χ0n) is 13.1. The lowest BCUT2D eigenvalue weighted by atomic mass is 10.1. The molecule has 1 aliphatic heterocycles. The molecule has 24 heavy (non-hydrogen) atoms. The van der Waals surface area contributed by atoms with E-state index in [0.717, 1.165) is 17.9 Å². The number of hydrogen-bond donors (Lipinski definition) is 1. The number of halogens is 3. The van der Waals surface area contributed by atoms with Crippen molar-refractivity contribution in [1.29, 1.82) is 0 Å². The highest BCUT2D eigenvalue weighted by molar-refractivity contribution is 7.99. The van der Waals surface area contributed by atoms with Gasteiger partial charge in [0.25, 0.3) is 5.91 Å². The van der Waals surface area contributed by atoms with E-state index >= 15 is 0 Å². The number of nitrogens with zero attached hydrogens (tertiary/aromatic N) is 1. The van der Waals surface area contributed by atoms with Crippen molar-refractivity contribution < 1.29 is 26.4 Å². The van der Waals surface area contributed by atoms with Crippen LogP contribution in [0.1, 0.15) is 22.3 Å². The maximum absolute atomic E-state index is 12.4. The molecule has 1 saturated heterocycles. The minimum Gasteiger partial charge on any atom is -0.338 e. The fraction of sp³-hybridized carbons (Fsp3) is 0.500. The second kappa shape index (κ2) is 6.83. The second-order valence-electron chi connectivity index (χ2n) is 5.51. The minimum atomic E-state index is -5.48. The summed E-state index contributed by atoms with van der Waals surface area (Å²) in [4.78, 5) is 14.1. The molecule has 1 aromatic carbocycles. The van der Waals surface area contributed by atoms with Gasteiger partial charge in [-0.2, -0.15) is 33.4 Å². The molecular weight excluding hydrogens is 365 g/mol. The number of rotatable bonds is 4. The molecule has 1 aromatic rings. The molecule has 0 aromatic heterocycles. The fourth-order valence-electron chi connectivity index (χ4n) is 2.31. The van der Waals surface area contributed by atoms with Gasteiger partial charge >= 0.3 is 15.5 Å². The van der Waals surface area contributed by atoms with Crippen LogP contribution in [0.3, 0.4) is 0 Å². The maximum Gasteiger partial charge on any atom is 0.516 e. The number of amides is 1. The summed E-state index contributed by atoms with van der Waals surface area (Å²) >= 11 is 1.76. The quantitative estimate of drug-likeness (QED) is 0.870. The molecule has 1 aliphatic rings. The molecule has 10 heteroatoms. The molecule has 1 amide bonds. The molecule has 0 unspecified atom stereocenters. The number of anilines is 1. The van der Waals surface area contributed by atoms with Gasteiger partial charge in [0.1, 0.15) is 0 Å². The second-order valence-corrected chi connectivity index (χ2v) is 8.34. The zero-order valence-corrected chi connectivity index (χ0v) is 14.7. The monoisotopic (exact) mass is 382 g/mol. The van der Waals surface area contributed by atoms with Crippen LogP contribution >= 0.6 is 11.8 Å². The van der Waals surface area contributed by atoms with Gasteiger partial charge < -0.3 is 4.90 Å². The average molecular weight is 382 g/mol. The van der Waals surface area contributed by atoms with Crippen molar-refractivity contribution in [3.05, 3.63) is 29.3 Å². The van der Waals surface area contributed by atoms with Crippen molar-refractivity contribution in [3.63, 3.8) is 0 Å². The van der Waals surface area contributed by atoms with Gasteiger partial charge in [-0.05, 0) is 42.9 Å². The molecule has 0 aliphatic carbocycles. The van der Waals surface area contributed by atoms with Gasteiger partial charge in [0, 0.05) is 24.4 Å². The lowest BCUT2D eigenvalue weighted by Gasteiger charge is -2.24. The number of carbonyl (C=O) groups is 1. The highest BCUT2D eigenvalue weighted by Gasteiger charge is 2.46. The first kappa shape index (κ1) is 18.9. The molecule has 5 nitrogen and oxygen atoms in total. The highest BCUT2D eigenvalue weighted by Crippen LogP contribution is 2.28. The number of hydrogen-bond acceptors (Lipinski definition) is 4. The molecule has 0 spiro atoms. The van der Waals surface area contributed by atoms with Gasteiger partial charge in [0.15, 0.2) is 0 Å². The van der Waals surface area contributed by atoms with Crippen LogP contribution in [0.15, 0.2) is 18.2 Å². The van der Waals surface area contributed by atoms with Crippen molar-refractivity contribution in [3.8, 4) is 0 Å². The van der Waals surface area contributed by atoms with Crippen LogP contribution in [-0.4, -0.2) is 49.3 Å². The van der Waals surface area contributed by atoms with Crippen molar-refractivity contribution in [2.75, 3.05) is 23.3 Å². The molecule has 1 heterocycles. The first-order valence-electron chi connectivity index (χ1n) is 7.07. The van der Waals surface area contributed by atoms with E-state index in [1.165, 1.54) is 29.8 Å². The van der Waals surface area contributed by atoms with Crippen LogP contribution in [0.5, 0.6) is 0 Å². The van der Waals surface area contributed by atoms with Crippen molar-refractivity contribution in [1.82, 2.24) is 4.90 Å². The zero-order chi connectivity index (χ0) is 18.1. The Morgan fingerprint density at radius 1 is 1.38 bits per heavy atom. The summed E-state index contributed by atoms with van der Waals surface area (Å²) in [5.41, 5.74) is -5.05. The van der Waals surface area contributed by atoms with Crippen LogP contribution < -0.4 is 4.72 Å². The fourth-order valence-corrected chi connectivity index (χ4v) is 4.21. The summed E-state index contributed by atoms with van der Waals surface area (Å²) < 4.78 is 61.1. The Balaban J connectivity index is 2.19. The van der Waals surface area contributed by atoms with Gasteiger partial charge in [-0.15, -0.1) is 0 Å². The van der Waals surface area contributed by atoms with Crippen molar-refractivity contribution >= 4 is 33.4 Å². The molecule has 134 valence electrons. The van der Waals surface area contributed by atoms with E-state index in [2.05, 4.69) is 0 Å². The number of carbonyl (C=O) groups excluding carboxylic acids is 1. The number of sulfonamides is 1. The SMILES string of the molecule is Cc1cc(C(=O)N(C)[C@@H]2CCSC2)ccc1NS(=O)(=O)C(F)(F)F. The molecule has 1 fully saturated rings. The van der Waals surface area contributed by atoms with Crippen LogP contribution in [0, 0.1) is 6.92 Å². The van der Waals surface area contributed by atoms with Gasteiger partial charge in [0.2, 0.25) is 0 Å². The summed E-state index contributed by atoms with van der Waals surface area (Å²) in [6.07, 6.45) is 0.898. The van der Waals surface area contributed by atoms with E-state index in [9.17, 15) is 26.4 Å². The Labute approximate surface area is 142 Å². The Morgan fingerprint density at radius 2 is 2.04 bits per heavy atom. The molecule has 0 bridgehead atoms. The van der Waals surface area contributed by atoms with Crippen LogP contribution in [-0.2, 0) is 10.0 Å². The van der Waals surface area contributed by atoms with Crippen LogP contribution in [0.25, 0.3) is 0 Å². The number of aryl methyl sites for hydroxylation is 1. The van der Waals surface area contributed by atoms with E-state index in [1.54, 1.807) is 23.7 Å². The minimum absolute atomic E-state index is 0.131. The first-order chi connectivity index (χ1) is 11.0. The maximum atomic E-state index is 12.4. The summed E-state index contributed by atoms with van der Waals surface area (Å²) in [5.74, 6) is 1.60. The Morgan fingerprint density at radius 3 is 2.54 bits per heavy atom. The Bertz CT molecular complexity index is 729. The first-order valence-corrected chi connectivity index (χ1v) is 9.71. The van der Waals surface area contributed by atoms with E-state index in [1.807, 2.05) is 0 Å². The van der Waals surface area contributed by atoms with Gasteiger partial charge in [0.05, 0.1) is 5.69 Å². The highest BCUT2D eigenvalue weighted by atomic mass is 32.2. The summed E-state index contributed by atoms with van der Waals surface area (Å²) in [5, 5.41) is 0. The Hall–Kier alpha value is -1.42. The smallest absolute Gasteiger partial charge is 0.338 e. The molecule has 0 saturated carbocycles. The molecular formula is C14H17F3N2O3S2. The summed E-state index contributed by atoms with van der Waals surface area (Å²) in [7, 11) is -3.79. The van der Waals surface area contributed by atoms with Crippen molar-refractivity contribution in [2.45, 2.75) is 24.9 Å². The van der Waals surface area contributed by atoms with Gasteiger partial charge in [-0.1, -0.05) is 0 Å². The Kier molecular flexibility index (Phi) is 5.38. The van der Waals surface area contributed by atoms with Gasteiger partial charge in [-0.25, -0.2) is 0 Å². The largest absolute Gasteiger partial charge is 0.516 e. The summed E-state index contributed by atoms with van der Waals surface area (Å²) in [6, 6.07) is 4.01. The van der Waals surface area contributed by atoms with Crippen LogP contribution in [0.4, 0.5) is 18.9 Å². The van der Waals surface area contributed by atoms with E-state index in [4.69, 9.17) is 0 Å². The third kappa shape index (κ3) is 3.97. The third-order valence-electron chi connectivity index (χ3n) is 3.80. The lowest BCUT2D eigenvalue weighted by Crippen LogP contribution is -2.37.